The zero-order valence-electron chi connectivity index (χ0n) is 8.95. The Balaban J connectivity index is 2.11. The van der Waals surface area contributed by atoms with Gasteiger partial charge in [0.1, 0.15) is 0 Å². The Hall–Kier alpha value is -2.18. The summed E-state index contributed by atoms with van der Waals surface area (Å²) in [7, 11) is 0. The standard InChI is InChI=1S/C10H10F2N4O/c1-6-8(2-3-13-6)9(17)15-7-4-14-16(5-7)10(11)12/h2-5,10,13H,1H3,(H,15,17). The number of nitrogens with zero attached hydrogens (tertiary/aromatic N) is 2. The van der Waals surface area contributed by atoms with Gasteiger partial charge in [-0.3, -0.25) is 4.79 Å². The largest absolute Gasteiger partial charge is 0.365 e. The van der Waals surface area contributed by atoms with Gasteiger partial charge in [0.25, 0.3) is 5.91 Å². The molecule has 0 bridgehead atoms. The van der Waals surface area contributed by atoms with Crippen LogP contribution in [0.25, 0.3) is 0 Å². The number of carbonyl (C=O) groups excluding carboxylic acids is 1. The third kappa shape index (κ3) is 2.32. The fourth-order valence-corrected chi connectivity index (χ4v) is 1.41. The highest BCUT2D eigenvalue weighted by Gasteiger charge is 2.12. The number of hydrogen-bond acceptors (Lipinski definition) is 2. The minimum Gasteiger partial charge on any atom is -0.365 e. The SMILES string of the molecule is Cc1[nH]ccc1C(=O)Nc1cnn(C(F)F)c1. The quantitative estimate of drug-likeness (QED) is 0.863. The molecule has 2 aromatic heterocycles. The molecule has 0 unspecified atom stereocenters. The maximum Gasteiger partial charge on any atom is 0.333 e. The first-order valence-corrected chi connectivity index (χ1v) is 4.85. The Bertz CT molecular complexity index is 532. The number of halogens is 2. The van der Waals surface area contributed by atoms with Crippen molar-refractivity contribution in [3.8, 4) is 0 Å². The molecule has 2 rings (SSSR count). The Morgan fingerprint density at radius 2 is 2.35 bits per heavy atom. The van der Waals surface area contributed by atoms with Crippen LogP contribution in [0.5, 0.6) is 0 Å². The minimum absolute atomic E-state index is 0.232. The predicted molar refractivity (Wildman–Crippen MR) is 57.0 cm³/mol. The summed E-state index contributed by atoms with van der Waals surface area (Å²) < 4.78 is 24.9. The molecule has 0 aliphatic heterocycles. The highest BCUT2D eigenvalue weighted by molar-refractivity contribution is 6.04. The van der Waals surface area contributed by atoms with Gasteiger partial charge in [-0.15, -0.1) is 0 Å². The molecule has 7 heteroatoms. The molecule has 0 aromatic carbocycles. The summed E-state index contributed by atoms with van der Waals surface area (Å²) in [5, 5.41) is 5.90. The van der Waals surface area contributed by atoms with E-state index in [9.17, 15) is 13.6 Å². The smallest absolute Gasteiger partial charge is 0.333 e. The van der Waals surface area contributed by atoms with Crippen molar-refractivity contribution in [2.45, 2.75) is 13.5 Å². The molecule has 2 heterocycles. The van der Waals surface area contributed by atoms with Crippen molar-refractivity contribution in [1.29, 1.82) is 0 Å². The number of amides is 1. The number of anilines is 1. The van der Waals surface area contributed by atoms with E-state index in [0.29, 0.717) is 15.9 Å². The molecule has 2 N–H and O–H groups in total. The van der Waals surface area contributed by atoms with E-state index in [0.717, 1.165) is 6.20 Å². The van der Waals surface area contributed by atoms with Crippen LogP contribution in [-0.4, -0.2) is 20.7 Å². The predicted octanol–water partition coefficient (Wildman–Crippen LogP) is 2.17. The number of aromatic nitrogens is 3. The van der Waals surface area contributed by atoms with Gasteiger partial charge in [0.15, 0.2) is 0 Å². The van der Waals surface area contributed by atoms with E-state index in [1.54, 1.807) is 19.2 Å². The van der Waals surface area contributed by atoms with Crippen molar-refractivity contribution in [1.82, 2.24) is 14.8 Å². The molecule has 5 nitrogen and oxygen atoms in total. The number of H-pyrrole nitrogens is 1. The van der Waals surface area contributed by atoms with E-state index in [2.05, 4.69) is 15.4 Å². The molecule has 0 radical (unpaired) electrons. The summed E-state index contributed by atoms with van der Waals surface area (Å²) in [5.74, 6) is -0.363. The van der Waals surface area contributed by atoms with Crippen LogP contribution in [-0.2, 0) is 0 Å². The minimum atomic E-state index is -2.71. The van der Waals surface area contributed by atoms with Gasteiger partial charge in [-0.25, -0.2) is 4.68 Å². The Morgan fingerprint density at radius 3 is 2.88 bits per heavy atom. The summed E-state index contributed by atoms with van der Waals surface area (Å²) in [5.41, 5.74) is 1.41. The number of rotatable bonds is 3. The van der Waals surface area contributed by atoms with Crippen LogP contribution in [0.3, 0.4) is 0 Å². The fourth-order valence-electron chi connectivity index (χ4n) is 1.41. The first-order chi connectivity index (χ1) is 8.08. The van der Waals surface area contributed by atoms with Gasteiger partial charge in [-0.05, 0) is 13.0 Å². The van der Waals surface area contributed by atoms with Crippen LogP contribution >= 0.6 is 0 Å². The second kappa shape index (κ2) is 4.36. The van der Waals surface area contributed by atoms with Gasteiger partial charge < -0.3 is 10.3 Å². The van der Waals surface area contributed by atoms with Gasteiger partial charge in [-0.2, -0.15) is 13.9 Å². The molecule has 17 heavy (non-hydrogen) atoms. The molecule has 0 aliphatic carbocycles. The van der Waals surface area contributed by atoms with Gasteiger partial charge >= 0.3 is 6.55 Å². The lowest BCUT2D eigenvalue weighted by molar-refractivity contribution is 0.0566. The molecule has 0 aliphatic rings. The molecule has 0 atom stereocenters. The van der Waals surface area contributed by atoms with Crippen LogP contribution in [0.2, 0.25) is 0 Å². The number of alkyl halides is 2. The first kappa shape index (κ1) is 11.3. The van der Waals surface area contributed by atoms with Crippen LogP contribution < -0.4 is 5.32 Å². The summed E-state index contributed by atoms with van der Waals surface area (Å²) in [4.78, 5) is 14.6. The van der Waals surface area contributed by atoms with Crippen LogP contribution in [0.15, 0.2) is 24.7 Å². The lowest BCUT2D eigenvalue weighted by Crippen LogP contribution is -2.11. The Kier molecular flexibility index (Phi) is 2.90. The molecule has 1 amide bonds. The third-order valence-electron chi connectivity index (χ3n) is 2.26. The molecule has 0 fully saturated rings. The number of carbonyl (C=O) groups is 1. The Morgan fingerprint density at radius 1 is 1.59 bits per heavy atom. The van der Waals surface area contributed by atoms with E-state index in [4.69, 9.17) is 0 Å². The van der Waals surface area contributed by atoms with E-state index in [-0.39, 0.29) is 11.6 Å². The van der Waals surface area contributed by atoms with Crippen molar-refractivity contribution >= 4 is 11.6 Å². The molecule has 0 spiro atoms. The number of hydrogen-bond donors (Lipinski definition) is 2. The molecular formula is C10H10F2N4O. The summed E-state index contributed by atoms with van der Waals surface area (Å²) in [6.45, 7) is -0.966. The first-order valence-electron chi connectivity index (χ1n) is 4.85. The molecule has 2 aromatic rings. The van der Waals surface area contributed by atoms with Crippen LogP contribution in [0, 0.1) is 6.92 Å². The molecular weight excluding hydrogens is 230 g/mol. The number of aryl methyl sites for hydroxylation is 1. The second-order valence-corrected chi connectivity index (χ2v) is 3.46. The zero-order chi connectivity index (χ0) is 12.4. The van der Waals surface area contributed by atoms with Gasteiger partial charge in [0.2, 0.25) is 0 Å². The van der Waals surface area contributed by atoms with Crippen molar-refractivity contribution in [3.05, 3.63) is 35.9 Å². The number of aromatic amines is 1. The monoisotopic (exact) mass is 240 g/mol. The van der Waals surface area contributed by atoms with Gasteiger partial charge in [-0.1, -0.05) is 0 Å². The normalized spacial score (nSPS) is 10.8. The number of nitrogens with one attached hydrogen (secondary N) is 2. The van der Waals surface area contributed by atoms with E-state index in [1.807, 2.05) is 0 Å². The highest BCUT2D eigenvalue weighted by Crippen LogP contribution is 2.14. The summed E-state index contributed by atoms with van der Waals surface area (Å²) >= 11 is 0. The van der Waals surface area contributed by atoms with Gasteiger partial charge in [0, 0.05) is 11.9 Å². The molecule has 0 saturated carbocycles. The topological polar surface area (TPSA) is 62.7 Å². The van der Waals surface area contributed by atoms with E-state index >= 15 is 0 Å². The maximum absolute atomic E-state index is 12.2. The van der Waals surface area contributed by atoms with Crippen molar-refractivity contribution in [2.75, 3.05) is 5.32 Å². The third-order valence-corrected chi connectivity index (χ3v) is 2.26. The van der Waals surface area contributed by atoms with Crippen LogP contribution in [0.4, 0.5) is 14.5 Å². The van der Waals surface area contributed by atoms with Crippen molar-refractivity contribution < 1.29 is 13.6 Å². The van der Waals surface area contributed by atoms with Crippen molar-refractivity contribution in [3.63, 3.8) is 0 Å². The van der Waals surface area contributed by atoms with E-state index < -0.39 is 6.55 Å². The summed E-state index contributed by atoms with van der Waals surface area (Å²) in [6.07, 6.45) is 3.88. The summed E-state index contributed by atoms with van der Waals surface area (Å²) in [6, 6.07) is 1.61. The molecule has 0 saturated heterocycles. The van der Waals surface area contributed by atoms with Crippen LogP contribution in [0.1, 0.15) is 22.6 Å². The average molecular weight is 240 g/mol. The zero-order valence-corrected chi connectivity index (χ0v) is 8.95. The Labute approximate surface area is 95.4 Å². The molecule has 90 valence electrons. The van der Waals surface area contributed by atoms with E-state index in [1.165, 1.54) is 6.20 Å². The highest BCUT2D eigenvalue weighted by atomic mass is 19.3. The average Bonchev–Trinajstić information content (AvgIpc) is 2.86. The second-order valence-electron chi connectivity index (χ2n) is 3.46. The van der Waals surface area contributed by atoms with Gasteiger partial charge in [0.05, 0.1) is 23.6 Å². The lowest BCUT2D eigenvalue weighted by atomic mass is 10.2. The fraction of sp³-hybridized carbons (Fsp3) is 0.200. The lowest BCUT2D eigenvalue weighted by Gasteiger charge is -2.01. The van der Waals surface area contributed by atoms with Crippen molar-refractivity contribution in [2.24, 2.45) is 0 Å². The maximum atomic E-state index is 12.2.